The van der Waals surface area contributed by atoms with Crippen LogP contribution in [0.3, 0.4) is 0 Å². The second-order valence-electron chi connectivity index (χ2n) is 6.17. The molecule has 2 N–H and O–H groups in total. The number of alkyl halides is 3. The van der Waals surface area contributed by atoms with Crippen LogP contribution in [-0.2, 0) is 20.8 Å². The average molecular weight is 379 g/mol. The van der Waals surface area contributed by atoms with E-state index in [2.05, 4.69) is 5.32 Å². The van der Waals surface area contributed by atoms with Crippen LogP contribution in [-0.4, -0.2) is 43.6 Å². The van der Waals surface area contributed by atoms with E-state index >= 15 is 0 Å². The Kier molecular flexibility index (Phi) is 6.10. The van der Waals surface area contributed by atoms with Crippen molar-refractivity contribution in [2.24, 2.45) is 0 Å². The fourth-order valence-corrected chi connectivity index (χ4v) is 4.26. The van der Waals surface area contributed by atoms with Crippen LogP contribution >= 0.6 is 0 Å². The Hall–Kier alpha value is -1.61. The van der Waals surface area contributed by atoms with Crippen molar-refractivity contribution in [3.8, 4) is 0 Å². The van der Waals surface area contributed by atoms with Gasteiger partial charge in [0, 0.05) is 12.6 Å². The summed E-state index contributed by atoms with van der Waals surface area (Å²) in [6.07, 6.45) is -2.45. The number of hydrogen-bond acceptors (Lipinski definition) is 4. The van der Waals surface area contributed by atoms with Gasteiger partial charge >= 0.3 is 12.1 Å². The molecule has 0 heterocycles. The average Bonchev–Trinajstić information content (AvgIpc) is 2.93. The van der Waals surface area contributed by atoms with Gasteiger partial charge in [0.25, 0.3) is 0 Å². The number of nitrogens with one attached hydrogen (secondary N) is 1. The van der Waals surface area contributed by atoms with Gasteiger partial charge in [-0.3, -0.25) is 4.79 Å². The number of carboxylic acid groups (broad SMARTS) is 1. The molecule has 2 rings (SSSR count). The molecule has 140 valence electrons. The van der Waals surface area contributed by atoms with Crippen molar-refractivity contribution >= 4 is 15.8 Å². The summed E-state index contributed by atoms with van der Waals surface area (Å²) in [6, 6.07) is 5.18. The number of aliphatic carboxylic acids is 1. The van der Waals surface area contributed by atoms with Gasteiger partial charge in [-0.1, -0.05) is 24.6 Å². The quantitative estimate of drug-likeness (QED) is 0.760. The van der Waals surface area contributed by atoms with Crippen LogP contribution in [0, 0.1) is 0 Å². The minimum atomic E-state index is -4.44. The first-order valence-electron chi connectivity index (χ1n) is 7.92. The molecule has 2 unspecified atom stereocenters. The lowest BCUT2D eigenvalue weighted by Gasteiger charge is -2.24. The number of halogens is 3. The van der Waals surface area contributed by atoms with Gasteiger partial charge in [-0.15, -0.1) is 0 Å². The smallest absolute Gasteiger partial charge is 0.416 e. The van der Waals surface area contributed by atoms with Gasteiger partial charge in [0.1, 0.15) is 5.75 Å². The van der Waals surface area contributed by atoms with E-state index in [1.165, 1.54) is 12.1 Å². The highest BCUT2D eigenvalue weighted by Crippen LogP contribution is 2.41. The third kappa shape index (κ3) is 5.43. The van der Waals surface area contributed by atoms with Crippen LogP contribution in [0.4, 0.5) is 13.2 Å². The van der Waals surface area contributed by atoms with Gasteiger partial charge in [-0.05, 0) is 30.4 Å². The van der Waals surface area contributed by atoms with Crippen molar-refractivity contribution in [1.82, 2.24) is 5.32 Å². The van der Waals surface area contributed by atoms with Gasteiger partial charge < -0.3 is 10.4 Å². The molecule has 1 fully saturated rings. The van der Waals surface area contributed by atoms with Gasteiger partial charge in [-0.25, -0.2) is 8.42 Å². The predicted octanol–water partition coefficient (Wildman–Crippen LogP) is 2.43. The minimum absolute atomic E-state index is 0.0188. The molecule has 5 nitrogen and oxygen atoms in total. The van der Waals surface area contributed by atoms with E-state index in [-0.39, 0.29) is 29.8 Å². The number of benzene rings is 1. The SMILES string of the molecule is O=C(O)CS(=O)(=O)CCNC1CCCC1c1ccccc1C(F)(F)F. The first-order chi connectivity index (χ1) is 11.6. The molecule has 1 saturated carbocycles. The van der Waals surface area contributed by atoms with E-state index in [1.54, 1.807) is 6.07 Å². The number of sulfone groups is 1. The maximum absolute atomic E-state index is 13.2. The molecule has 0 aliphatic heterocycles. The molecule has 1 aromatic rings. The number of hydrogen-bond donors (Lipinski definition) is 2. The highest BCUT2D eigenvalue weighted by Gasteiger charge is 2.38. The fraction of sp³-hybridized carbons (Fsp3) is 0.562. The van der Waals surface area contributed by atoms with Crippen LogP contribution in [0.5, 0.6) is 0 Å². The largest absolute Gasteiger partial charge is 0.480 e. The summed E-state index contributed by atoms with van der Waals surface area (Å²) in [5.74, 6) is -3.07. The molecular weight excluding hydrogens is 359 g/mol. The molecule has 0 radical (unpaired) electrons. The zero-order chi connectivity index (χ0) is 18.7. The molecule has 0 spiro atoms. The van der Waals surface area contributed by atoms with Crippen LogP contribution in [0.2, 0.25) is 0 Å². The second kappa shape index (κ2) is 7.74. The van der Waals surface area contributed by atoms with Gasteiger partial charge in [-0.2, -0.15) is 13.2 Å². The summed E-state index contributed by atoms with van der Waals surface area (Å²) < 4.78 is 62.8. The maximum atomic E-state index is 13.2. The number of rotatable bonds is 7. The molecule has 0 amide bonds. The molecule has 1 aliphatic carbocycles. The third-order valence-corrected chi connectivity index (χ3v) is 5.86. The molecule has 25 heavy (non-hydrogen) atoms. The van der Waals surface area contributed by atoms with Crippen LogP contribution in [0.1, 0.15) is 36.3 Å². The lowest BCUT2D eigenvalue weighted by molar-refractivity contribution is -0.138. The van der Waals surface area contributed by atoms with E-state index < -0.39 is 33.3 Å². The Balaban J connectivity index is 2.06. The van der Waals surface area contributed by atoms with Crippen molar-refractivity contribution in [2.75, 3.05) is 18.1 Å². The third-order valence-electron chi connectivity index (χ3n) is 4.34. The minimum Gasteiger partial charge on any atom is -0.480 e. The maximum Gasteiger partial charge on any atom is 0.416 e. The van der Waals surface area contributed by atoms with E-state index in [1.807, 2.05) is 0 Å². The van der Waals surface area contributed by atoms with Crippen molar-refractivity contribution < 1.29 is 31.5 Å². The topological polar surface area (TPSA) is 83.5 Å². The summed E-state index contributed by atoms with van der Waals surface area (Å²) >= 11 is 0. The van der Waals surface area contributed by atoms with Crippen molar-refractivity contribution in [2.45, 2.75) is 37.4 Å². The molecule has 1 aromatic carbocycles. The van der Waals surface area contributed by atoms with Crippen LogP contribution in [0.15, 0.2) is 24.3 Å². The van der Waals surface area contributed by atoms with Gasteiger partial charge in [0.2, 0.25) is 0 Å². The Morgan fingerprint density at radius 1 is 1.24 bits per heavy atom. The zero-order valence-corrected chi connectivity index (χ0v) is 14.2. The molecule has 9 heteroatoms. The highest BCUT2D eigenvalue weighted by molar-refractivity contribution is 7.92. The first kappa shape index (κ1) is 19.7. The summed E-state index contributed by atoms with van der Waals surface area (Å²) in [5, 5.41) is 11.6. The summed E-state index contributed by atoms with van der Waals surface area (Å²) in [7, 11) is -3.73. The molecule has 1 aliphatic rings. The molecule has 2 atom stereocenters. The Morgan fingerprint density at radius 3 is 2.56 bits per heavy atom. The summed E-state index contributed by atoms with van der Waals surface area (Å²) in [4.78, 5) is 10.5. The van der Waals surface area contributed by atoms with Crippen LogP contribution in [0.25, 0.3) is 0 Å². The van der Waals surface area contributed by atoms with E-state index in [0.717, 1.165) is 12.5 Å². The first-order valence-corrected chi connectivity index (χ1v) is 9.74. The van der Waals surface area contributed by atoms with Crippen molar-refractivity contribution in [3.63, 3.8) is 0 Å². The normalized spacial score (nSPS) is 21.4. The van der Waals surface area contributed by atoms with Crippen LogP contribution < -0.4 is 5.32 Å². The Labute approximate surface area is 144 Å². The standard InChI is InChI=1S/C16H20F3NO4S/c17-16(18,19)13-6-2-1-4-11(13)12-5-3-7-14(12)20-8-9-25(23,24)10-15(21)22/h1-2,4,6,12,14,20H,3,5,7-10H2,(H,21,22). The predicted molar refractivity (Wildman–Crippen MR) is 86.1 cm³/mol. The fourth-order valence-electron chi connectivity index (χ4n) is 3.32. The number of carbonyl (C=O) groups is 1. The van der Waals surface area contributed by atoms with E-state index in [9.17, 15) is 26.4 Å². The summed E-state index contributed by atoms with van der Waals surface area (Å²) in [6.45, 7) is 0.0188. The lowest BCUT2D eigenvalue weighted by Crippen LogP contribution is -2.36. The summed E-state index contributed by atoms with van der Waals surface area (Å²) in [5.41, 5.74) is -0.439. The van der Waals surface area contributed by atoms with Crippen molar-refractivity contribution in [3.05, 3.63) is 35.4 Å². The van der Waals surface area contributed by atoms with E-state index in [4.69, 9.17) is 5.11 Å². The van der Waals surface area contributed by atoms with E-state index in [0.29, 0.717) is 12.8 Å². The number of carboxylic acids is 1. The second-order valence-corrected chi connectivity index (χ2v) is 8.35. The monoisotopic (exact) mass is 379 g/mol. The van der Waals surface area contributed by atoms with Gasteiger partial charge in [0.15, 0.2) is 9.84 Å². The zero-order valence-electron chi connectivity index (χ0n) is 13.4. The molecule has 0 aromatic heterocycles. The highest BCUT2D eigenvalue weighted by atomic mass is 32.2. The molecular formula is C16H20F3NO4S. The van der Waals surface area contributed by atoms with Gasteiger partial charge in [0.05, 0.1) is 11.3 Å². The Bertz CT molecular complexity index is 718. The Morgan fingerprint density at radius 2 is 1.92 bits per heavy atom. The lowest BCUT2D eigenvalue weighted by atomic mass is 9.90. The molecule has 0 saturated heterocycles. The van der Waals surface area contributed by atoms with Crippen molar-refractivity contribution in [1.29, 1.82) is 0 Å². The molecule has 0 bridgehead atoms.